The Labute approximate surface area is 105 Å². The van der Waals surface area contributed by atoms with E-state index in [2.05, 4.69) is 5.32 Å². The molecule has 5 nitrogen and oxygen atoms in total. The summed E-state index contributed by atoms with van der Waals surface area (Å²) < 4.78 is 5.59. The SMILES string of the molecule is O=C(c1cccc2c1OCCN2)N1CCC(O)C1. The first-order chi connectivity index (χ1) is 8.75. The molecule has 1 amide bonds. The van der Waals surface area contributed by atoms with E-state index in [0.717, 1.165) is 12.2 Å². The number of hydrogen-bond acceptors (Lipinski definition) is 4. The minimum atomic E-state index is -0.396. The fraction of sp³-hybridized carbons (Fsp3) is 0.462. The molecule has 0 bridgehead atoms. The number of nitrogens with one attached hydrogen (secondary N) is 1. The predicted octanol–water partition coefficient (Wildman–Crippen LogP) is 0.698. The highest BCUT2D eigenvalue weighted by Crippen LogP contribution is 2.32. The maximum atomic E-state index is 12.4. The highest BCUT2D eigenvalue weighted by atomic mass is 16.5. The monoisotopic (exact) mass is 248 g/mol. The molecule has 2 N–H and O–H groups in total. The summed E-state index contributed by atoms with van der Waals surface area (Å²) in [7, 11) is 0. The van der Waals surface area contributed by atoms with E-state index in [1.165, 1.54) is 0 Å². The molecular formula is C13H16N2O3. The van der Waals surface area contributed by atoms with Crippen LogP contribution in [0.5, 0.6) is 5.75 Å². The number of fused-ring (bicyclic) bond motifs is 1. The number of β-amino-alcohol motifs (C(OH)–C–C–N with tert-alkyl or cyclic N) is 1. The van der Waals surface area contributed by atoms with Crippen molar-refractivity contribution in [1.82, 2.24) is 4.90 Å². The van der Waals surface area contributed by atoms with E-state index in [0.29, 0.717) is 37.4 Å². The molecule has 96 valence electrons. The smallest absolute Gasteiger partial charge is 0.257 e. The van der Waals surface area contributed by atoms with Crippen LogP contribution in [-0.4, -0.2) is 48.3 Å². The summed E-state index contributed by atoms with van der Waals surface area (Å²) in [5.41, 5.74) is 1.45. The normalized spacial score (nSPS) is 22.1. The average molecular weight is 248 g/mol. The average Bonchev–Trinajstić information content (AvgIpc) is 2.84. The van der Waals surface area contributed by atoms with E-state index in [1.54, 1.807) is 11.0 Å². The third-order valence-corrected chi connectivity index (χ3v) is 3.36. The summed E-state index contributed by atoms with van der Waals surface area (Å²) in [5, 5.41) is 12.7. The molecule has 5 heteroatoms. The van der Waals surface area contributed by atoms with Gasteiger partial charge < -0.3 is 20.1 Å². The molecular weight excluding hydrogens is 232 g/mol. The van der Waals surface area contributed by atoms with Gasteiger partial charge in [-0.25, -0.2) is 0 Å². The van der Waals surface area contributed by atoms with Crippen LogP contribution in [0.4, 0.5) is 5.69 Å². The maximum Gasteiger partial charge on any atom is 0.257 e. The summed E-state index contributed by atoms with van der Waals surface area (Å²) >= 11 is 0. The van der Waals surface area contributed by atoms with Crippen LogP contribution in [-0.2, 0) is 0 Å². The molecule has 2 aliphatic rings. The number of carbonyl (C=O) groups excluding carboxylic acids is 1. The molecule has 3 rings (SSSR count). The highest BCUT2D eigenvalue weighted by molar-refractivity contribution is 5.99. The van der Waals surface area contributed by atoms with Gasteiger partial charge in [0.1, 0.15) is 6.61 Å². The molecule has 2 heterocycles. The van der Waals surface area contributed by atoms with Crippen LogP contribution >= 0.6 is 0 Å². The van der Waals surface area contributed by atoms with Gasteiger partial charge in [-0.3, -0.25) is 4.79 Å². The number of amides is 1. The van der Waals surface area contributed by atoms with Crippen molar-refractivity contribution in [2.45, 2.75) is 12.5 Å². The molecule has 0 saturated carbocycles. The van der Waals surface area contributed by atoms with Crippen molar-refractivity contribution >= 4 is 11.6 Å². The summed E-state index contributed by atoms with van der Waals surface area (Å²) in [6.07, 6.45) is 0.257. The summed E-state index contributed by atoms with van der Waals surface area (Å²) in [5.74, 6) is 0.572. The number of carbonyl (C=O) groups is 1. The van der Waals surface area contributed by atoms with Gasteiger partial charge >= 0.3 is 0 Å². The van der Waals surface area contributed by atoms with Crippen LogP contribution in [0.15, 0.2) is 18.2 Å². The number of hydrogen-bond donors (Lipinski definition) is 2. The fourth-order valence-corrected chi connectivity index (χ4v) is 2.44. The van der Waals surface area contributed by atoms with E-state index in [4.69, 9.17) is 4.74 Å². The first-order valence-electron chi connectivity index (χ1n) is 6.23. The molecule has 1 unspecified atom stereocenters. The van der Waals surface area contributed by atoms with Crippen LogP contribution in [0.25, 0.3) is 0 Å². The molecule has 2 aliphatic heterocycles. The largest absolute Gasteiger partial charge is 0.489 e. The van der Waals surface area contributed by atoms with Crippen molar-refractivity contribution in [3.8, 4) is 5.75 Å². The van der Waals surface area contributed by atoms with Gasteiger partial charge in [0.2, 0.25) is 0 Å². The van der Waals surface area contributed by atoms with Crippen LogP contribution in [0, 0.1) is 0 Å². The number of para-hydroxylation sites is 1. The van der Waals surface area contributed by atoms with Crippen molar-refractivity contribution in [3.63, 3.8) is 0 Å². The van der Waals surface area contributed by atoms with Crippen LogP contribution in [0.2, 0.25) is 0 Å². The number of anilines is 1. The van der Waals surface area contributed by atoms with Gasteiger partial charge in [0.05, 0.1) is 17.4 Å². The predicted molar refractivity (Wildman–Crippen MR) is 67.0 cm³/mol. The number of benzene rings is 1. The summed E-state index contributed by atoms with van der Waals surface area (Å²) in [6.45, 7) is 2.35. The zero-order valence-corrected chi connectivity index (χ0v) is 10.1. The van der Waals surface area contributed by atoms with Gasteiger partial charge in [-0.15, -0.1) is 0 Å². The molecule has 1 saturated heterocycles. The quantitative estimate of drug-likeness (QED) is 0.768. The van der Waals surface area contributed by atoms with E-state index >= 15 is 0 Å². The molecule has 0 aliphatic carbocycles. The van der Waals surface area contributed by atoms with Gasteiger partial charge in [0, 0.05) is 19.6 Å². The topological polar surface area (TPSA) is 61.8 Å². The third-order valence-electron chi connectivity index (χ3n) is 3.36. The number of aliphatic hydroxyl groups excluding tert-OH is 1. The molecule has 0 spiro atoms. The second kappa shape index (κ2) is 4.49. The van der Waals surface area contributed by atoms with E-state index in [9.17, 15) is 9.90 Å². The number of likely N-dealkylation sites (tertiary alicyclic amines) is 1. The van der Waals surface area contributed by atoms with Crippen LogP contribution in [0.3, 0.4) is 0 Å². The number of rotatable bonds is 1. The highest BCUT2D eigenvalue weighted by Gasteiger charge is 2.28. The molecule has 1 atom stereocenters. The van der Waals surface area contributed by atoms with E-state index < -0.39 is 6.10 Å². The second-order valence-electron chi connectivity index (χ2n) is 4.65. The minimum Gasteiger partial charge on any atom is -0.489 e. The Bertz CT molecular complexity index is 475. The minimum absolute atomic E-state index is 0.0629. The van der Waals surface area contributed by atoms with Gasteiger partial charge in [-0.2, -0.15) is 0 Å². The maximum absolute atomic E-state index is 12.4. The van der Waals surface area contributed by atoms with E-state index in [-0.39, 0.29) is 5.91 Å². The van der Waals surface area contributed by atoms with Crippen LogP contribution in [0.1, 0.15) is 16.8 Å². The number of nitrogens with zero attached hydrogens (tertiary/aromatic N) is 1. The third kappa shape index (κ3) is 1.90. The molecule has 1 aromatic rings. The van der Waals surface area contributed by atoms with Gasteiger partial charge in [0.15, 0.2) is 5.75 Å². The van der Waals surface area contributed by atoms with Crippen molar-refractivity contribution in [2.75, 3.05) is 31.6 Å². The lowest BCUT2D eigenvalue weighted by atomic mass is 10.1. The first kappa shape index (κ1) is 11.3. The Balaban J connectivity index is 1.90. The van der Waals surface area contributed by atoms with Crippen molar-refractivity contribution < 1.29 is 14.6 Å². The lowest BCUT2D eigenvalue weighted by Crippen LogP contribution is -2.31. The second-order valence-corrected chi connectivity index (χ2v) is 4.65. The zero-order valence-electron chi connectivity index (χ0n) is 10.1. The Kier molecular flexibility index (Phi) is 2.83. The number of ether oxygens (including phenoxy) is 1. The Morgan fingerprint density at radius 3 is 3.17 bits per heavy atom. The Morgan fingerprint density at radius 2 is 2.39 bits per heavy atom. The Morgan fingerprint density at radius 1 is 1.50 bits per heavy atom. The zero-order chi connectivity index (χ0) is 12.5. The van der Waals surface area contributed by atoms with E-state index in [1.807, 2.05) is 12.1 Å². The molecule has 18 heavy (non-hydrogen) atoms. The molecule has 0 radical (unpaired) electrons. The van der Waals surface area contributed by atoms with Gasteiger partial charge in [0.25, 0.3) is 5.91 Å². The fourth-order valence-electron chi connectivity index (χ4n) is 2.44. The number of aliphatic hydroxyl groups is 1. The van der Waals surface area contributed by atoms with Crippen LogP contribution < -0.4 is 10.1 Å². The van der Waals surface area contributed by atoms with Crippen molar-refractivity contribution in [3.05, 3.63) is 23.8 Å². The van der Waals surface area contributed by atoms with Crippen molar-refractivity contribution in [1.29, 1.82) is 0 Å². The lowest BCUT2D eigenvalue weighted by Gasteiger charge is -2.23. The van der Waals surface area contributed by atoms with Crippen molar-refractivity contribution in [2.24, 2.45) is 0 Å². The van der Waals surface area contributed by atoms with Gasteiger partial charge in [-0.05, 0) is 18.6 Å². The molecule has 1 fully saturated rings. The molecule has 0 aromatic heterocycles. The first-order valence-corrected chi connectivity index (χ1v) is 6.23. The lowest BCUT2D eigenvalue weighted by molar-refractivity contribution is 0.0760. The van der Waals surface area contributed by atoms with Gasteiger partial charge in [-0.1, -0.05) is 6.07 Å². The standard InChI is InChI=1S/C13H16N2O3/c16-9-4-6-15(8-9)13(17)10-2-1-3-11-12(10)18-7-5-14-11/h1-3,9,14,16H,4-8H2. The summed E-state index contributed by atoms with van der Waals surface area (Å²) in [6, 6.07) is 5.53. The summed E-state index contributed by atoms with van der Waals surface area (Å²) in [4.78, 5) is 14.1. The molecule has 1 aromatic carbocycles. The Hall–Kier alpha value is -1.75.